The molecule has 2 saturated heterocycles. The zero-order valence-corrected chi connectivity index (χ0v) is 14.8. The minimum Gasteiger partial charge on any atom is -0.384 e. The second kappa shape index (κ2) is 6.81. The van der Waals surface area contributed by atoms with Gasteiger partial charge >= 0.3 is 0 Å². The third-order valence-corrected chi connectivity index (χ3v) is 6.04. The number of carbonyl (C=O) groups is 1. The normalized spacial score (nSPS) is 22.8. The van der Waals surface area contributed by atoms with Gasteiger partial charge in [0.2, 0.25) is 5.91 Å². The van der Waals surface area contributed by atoms with E-state index in [1.54, 1.807) is 7.11 Å². The van der Waals surface area contributed by atoms with Crippen molar-refractivity contribution in [1.29, 1.82) is 0 Å². The summed E-state index contributed by atoms with van der Waals surface area (Å²) in [5.74, 6) is 0.627. The molecule has 1 spiro atoms. The van der Waals surface area contributed by atoms with Gasteiger partial charge < -0.3 is 19.4 Å². The van der Waals surface area contributed by atoms with Crippen molar-refractivity contribution in [3.8, 4) is 0 Å². The average molecular weight is 342 g/mol. The van der Waals surface area contributed by atoms with E-state index in [1.165, 1.54) is 0 Å². The van der Waals surface area contributed by atoms with Crippen molar-refractivity contribution in [3.05, 3.63) is 36.0 Å². The van der Waals surface area contributed by atoms with Gasteiger partial charge in [-0.1, -0.05) is 18.2 Å². The highest BCUT2D eigenvalue weighted by Gasteiger charge is 2.48. The van der Waals surface area contributed by atoms with E-state index in [-0.39, 0.29) is 11.3 Å². The van der Waals surface area contributed by atoms with Crippen LogP contribution < -0.4 is 0 Å². The number of aromatic amines is 1. The molecule has 1 amide bonds. The Labute approximate surface area is 148 Å². The topological polar surface area (TPSA) is 54.6 Å². The smallest absolute Gasteiger partial charge is 0.227 e. The van der Waals surface area contributed by atoms with Gasteiger partial charge in [0.25, 0.3) is 0 Å². The number of likely N-dealkylation sites (tertiary alicyclic amines) is 1. The third-order valence-electron chi connectivity index (χ3n) is 6.04. The van der Waals surface area contributed by atoms with E-state index in [4.69, 9.17) is 9.47 Å². The number of ether oxygens (including phenoxy) is 2. The minimum absolute atomic E-state index is 0.171. The molecule has 134 valence electrons. The molecule has 2 aliphatic rings. The molecule has 3 heterocycles. The van der Waals surface area contributed by atoms with Crippen molar-refractivity contribution >= 4 is 16.8 Å². The Bertz CT molecular complexity index is 748. The van der Waals surface area contributed by atoms with E-state index in [9.17, 15) is 4.79 Å². The van der Waals surface area contributed by atoms with Crippen molar-refractivity contribution in [2.75, 3.05) is 40.0 Å². The highest BCUT2D eigenvalue weighted by molar-refractivity contribution is 5.89. The minimum atomic E-state index is 0.171. The highest BCUT2D eigenvalue weighted by Crippen LogP contribution is 2.44. The predicted molar refractivity (Wildman–Crippen MR) is 96.4 cm³/mol. The van der Waals surface area contributed by atoms with Crippen LogP contribution in [0.15, 0.2) is 30.5 Å². The maximum Gasteiger partial charge on any atom is 0.227 e. The molecule has 4 rings (SSSR count). The lowest BCUT2D eigenvalue weighted by Gasteiger charge is -2.37. The molecule has 0 unspecified atom stereocenters. The molecule has 2 fully saturated rings. The summed E-state index contributed by atoms with van der Waals surface area (Å²) in [5.41, 5.74) is 2.34. The molecule has 1 N–H and O–H groups in total. The van der Waals surface area contributed by atoms with Gasteiger partial charge in [-0.05, 0) is 29.9 Å². The second-order valence-electron chi connectivity index (χ2n) is 7.44. The fourth-order valence-electron chi connectivity index (χ4n) is 4.55. The molecule has 0 saturated carbocycles. The summed E-state index contributed by atoms with van der Waals surface area (Å²) >= 11 is 0. The number of fused-ring (bicyclic) bond motifs is 1. The van der Waals surface area contributed by atoms with E-state index in [2.05, 4.69) is 16.0 Å². The number of hydrogen-bond donors (Lipinski definition) is 1. The van der Waals surface area contributed by atoms with Crippen molar-refractivity contribution in [2.45, 2.75) is 19.3 Å². The average Bonchev–Trinajstić information content (AvgIpc) is 3.19. The van der Waals surface area contributed by atoms with Gasteiger partial charge in [-0.15, -0.1) is 0 Å². The molecule has 1 aromatic carbocycles. The number of nitrogens with zero attached hydrogens (tertiary/aromatic N) is 1. The maximum absolute atomic E-state index is 13.0. The van der Waals surface area contributed by atoms with Crippen molar-refractivity contribution in [1.82, 2.24) is 9.88 Å². The Hall–Kier alpha value is -1.85. The van der Waals surface area contributed by atoms with Crippen LogP contribution in [0.2, 0.25) is 0 Å². The van der Waals surface area contributed by atoms with E-state index >= 15 is 0 Å². The summed E-state index contributed by atoms with van der Waals surface area (Å²) in [6, 6.07) is 8.15. The number of nitrogens with one attached hydrogen (secondary N) is 1. The third kappa shape index (κ3) is 3.07. The van der Waals surface area contributed by atoms with Crippen molar-refractivity contribution in [3.63, 3.8) is 0 Å². The Morgan fingerprint density at radius 1 is 1.36 bits per heavy atom. The number of H-pyrrole nitrogens is 1. The van der Waals surface area contributed by atoms with Crippen LogP contribution in [0.25, 0.3) is 10.9 Å². The molecule has 0 bridgehead atoms. The first kappa shape index (κ1) is 16.6. The molecule has 1 atom stereocenters. The SMILES string of the molecule is COC[C@H]1CN(C(=O)Cc2c[nH]c3ccccc23)CC12CCOCC2. The van der Waals surface area contributed by atoms with Crippen LogP contribution in [0.4, 0.5) is 0 Å². The molecule has 0 radical (unpaired) electrons. The van der Waals surface area contributed by atoms with Crippen LogP contribution in [0.1, 0.15) is 18.4 Å². The van der Waals surface area contributed by atoms with Crippen LogP contribution in [0, 0.1) is 11.3 Å². The summed E-state index contributed by atoms with van der Waals surface area (Å²) in [6.07, 6.45) is 4.47. The number of carbonyl (C=O) groups excluding carboxylic acids is 1. The lowest BCUT2D eigenvalue weighted by atomic mass is 9.72. The standard InChI is InChI=1S/C20H26N2O3/c1-24-13-16-12-22(14-20(16)6-8-25-9-7-20)19(23)10-15-11-21-18-5-3-2-4-17(15)18/h2-5,11,16,21H,6-10,12-14H2,1H3/t16-/m1/s1. The van der Waals surface area contributed by atoms with Gasteiger partial charge in [-0.2, -0.15) is 0 Å². The number of methoxy groups -OCH3 is 1. The zero-order chi connectivity index (χ0) is 17.3. The molecular weight excluding hydrogens is 316 g/mol. The number of amides is 1. The van der Waals surface area contributed by atoms with E-state index in [0.717, 1.165) is 62.2 Å². The Balaban J connectivity index is 1.50. The lowest BCUT2D eigenvalue weighted by Crippen LogP contribution is -2.39. The maximum atomic E-state index is 13.0. The summed E-state index contributed by atoms with van der Waals surface area (Å²) in [7, 11) is 1.75. The predicted octanol–water partition coefficient (Wildman–Crippen LogP) is 2.61. The molecule has 5 nitrogen and oxygen atoms in total. The second-order valence-corrected chi connectivity index (χ2v) is 7.44. The monoisotopic (exact) mass is 342 g/mol. The van der Waals surface area contributed by atoms with Gasteiger partial charge in [-0.25, -0.2) is 0 Å². The summed E-state index contributed by atoms with van der Waals surface area (Å²) < 4.78 is 11.0. The van der Waals surface area contributed by atoms with Crippen LogP contribution >= 0.6 is 0 Å². The molecule has 2 aromatic rings. The molecule has 0 aliphatic carbocycles. The lowest BCUT2D eigenvalue weighted by molar-refractivity contribution is -0.130. The van der Waals surface area contributed by atoms with Crippen LogP contribution in [0.5, 0.6) is 0 Å². The number of aromatic nitrogens is 1. The first-order valence-corrected chi connectivity index (χ1v) is 9.11. The van der Waals surface area contributed by atoms with Gasteiger partial charge in [0, 0.05) is 56.4 Å². The van der Waals surface area contributed by atoms with Crippen LogP contribution in [0.3, 0.4) is 0 Å². The Kier molecular flexibility index (Phi) is 4.52. The number of rotatable bonds is 4. The van der Waals surface area contributed by atoms with Crippen LogP contribution in [-0.2, 0) is 20.7 Å². The summed E-state index contributed by atoms with van der Waals surface area (Å²) in [5, 5.41) is 1.14. The van der Waals surface area contributed by atoms with Gasteiger partial charge in [-0.3, -0.25) is 4.79 Å². The summed E-state index contributed by atoms with van der Waals surface area (Å²) in [6.45, 7) is 3.95. The molecule has 25 heavy (non-hydrogen) atoms. The fourth-order valence-corrected chi connectivity index (χ4v) is 4.55. The van der Waals surface area contributed by atoms with Crippen molar-refractivity contribution in [2.24, 2.45) is 11.3 Å². The van der Waals surface area contributed by atoms with E-state index in [1.807, 2.05) is 24.4 Å². The quantitative estimate of drug-likeness (QED) is 0.929. The number of hydrogen-bond acceptors (Lipinski definition) is 3. The number of benzene rings is 1. The van der Waals surface area contributed by atoms with Gasteiger partial charge in [0.15, 0.2) is 0 Å². The van der Waals surface area contributed by atoms with Crippen molar-refractivity contribution < 1.29 is 14.3 Å². The summed E-state index contributed by atoms with van der Waals surface area (Å²) in [4.78, 5) is 18.3. The van der Waals surface area contributed by atoms with Crippen LogP contribution in [-0.4, -0.2) is 55.8 Å². The molecular formula is C20H26N2O3. The molecule has 1 aromatic heterocycles. The fraction of sp³-hybridized carbons (Fsp3) is 0.550. The first-order valence-electron chi connectivity index (χ1n) is 9.11. The van der Waals surface area contributed by atoms with E-state index in [0.29, 0.717) is 12.3 Å². The number of para-hydroxylation sites is 1. The van der Waals surface area contributed by atoms with E-state index < -0.39 is 0 Å². The first-order chi connectivity index (χ1) is 12.2. The highest BCUT2D eigenvalue weighted by atomic mass is 16.5. The Morgan fingerprint density at radius 3 is 2.96 bits per heavy atom. The zero-order valence-electron chi connectivity index (χ0n) is 14.8. The molecule has 5 heteroatoms. The van der Waals surface area contributed by atoms with Gasteiger partial charge in [0.05, 0.1) is 13.0 Å². The molecule has 2 aliphatic heterocycles. The van der Waals surface area contributed by atoms with Gasteiger partial charge in [0.1, 0.15) is 0 Å². The largest absolute Gasteiger partial charge is 0.384 e. The Morgan fingerprint density at radius 2 is 2.16 bits per heavy atom.